The number of carbonyl (C=O) groups excluding carboxylic acids is 1. The van der Waals surface area contributed by atoms with Crippen LogP contribution >= 0.6 is 11.3 Å². The van der Waals surface area contributed by atoms with Gasteiger partial charge in [0.2, 0.25) is 11.6 Å². The molecular formula is C26H23N5O3S. The van der Waals surface area contributed by atoms with Crippen LogP contribution in [0.3, 0.4) is 0 Å². The normalized spacial score (nSPS) is 22.5. The Labute approximate surface area is 204 Å². The summed E-state index contributed by atoms with van der Waals surface area (Å²) in [6, 6.07) is 16.3. The minimum atomic E-state index is -1.17. The van der Waals surface area contributed by atoms with Crippen molar-refractivity contribution >= 4 is 29.0 Å². The number of fused-ring (bicyclic) bond motifs is 6. The van der Waals surface area contributed by atoms with Crippen molar-refractivity contribution in [1.29, 1.82) is 0 Å². The van der Waals surface area contributed by atoms with Gasteiger partial charge < -0.3 is 10.1 Å². The average Bonchev–Trinajstić information content (AvgIpc) is 3.42. The number of rotatable bonds is 4. The van der Waals surface area contributed by atoms with E-state index in [4.69, 9.17) is 9.73 Å². The number of thiazole rings is 1. The molecule has 0 radical (unpaired) electrons. The van der Waals surface area contributed by atoms with Crippen molar-refractivity contribution in [3.8, 4) is 5.75 Å². The zero-order chi connectivity index (χ0) is 24.2. The number of amides is 1. The molecule has 0 saturated carbocycles. The zero-order valence-corrected chi connectivity index (χ0v) is 20.0. The number of carbonyl (C=O) groups is 1. The highest BCUT2D eigenvalue weighted by Gasteiger charge is 2.55. The number of anilines is 1. The highest BCUT2D eigenvalue weighted by atomic mass is 32.1. The molecule has 0 spiro atoms. The molecule has 6 rings (SSSR count). The number of nitrogens with one attached hydrogen (secondary N) is 1. The third kappa shape index (κ3) is 3.50. The predicted octanol–water partition coefficient (Wildman–Crippen LogP) is 2.54. The van der Waals surface area contributed by atoms with Gasteiger partial charge in [-0.25, -0.2) is 4.99 Å². The molecule has 4 heterocycles. The number of aromatic nitrogens is 3. The van der Waals surface area contributed by atoms with Crippen LogP contribution in [-0.4, -0.2) is 26.0 Å². The Balaban J connectivity index is 1.53. The third-order valence-electron chi connectivity index (χ3n) is 6.48. The smallest absolute Gasteiger partial charge is 0.270 e. The Bertz CT molecular complexity index is 1620. The molecule has 2 aromatic carbocycles. The largest absolute Gasteiger partial charge is 0.465 e. The Hall–Kier alpha value is -3.98. The quantitative estimate of drug-likeness (QED) is 0.481. The maximum absolute atomic E-state index is 13.7. The number of benzene rings is 2. The van der Waals surface area contributed by atoms with E-state index in [9.17, 15) is 9.59 Å². The summed E-state index contributed by atoms with van der Waals surface area (Å²) in [5.74, 6) is -0.362. The van der Waals surface area contributed by atoms with Gasteiger partial charge in [0.1, 0.15) is 11.7 Å². The van der Waals surface area contributed by atoms with Gasteiger partial charge >= 0.3 is 0 Å². The average molecular weight is 486 g/mol. The number of aryl methyl sites for hydroxylation is 1. The molecular weight excluding hydrogens is 462 g/mol. The first-order chi connectivity index (χ1) is 17.0. The van der Waals surface area contributed by atoms with Crippen LogP contribution in [0, 0.1) is 5.92 Å². The van der Waals surface area contributed by atoms with Crippen LogP contribution in [0.1, 0.15) is 31.0 Å². The van der Waals surface area contributed by atoms with E-state index in [0.29, 0.717) is 20.8 Å². The summed E-state index contributed by atoms with van der Waals surface area (Å²) in [4.78, 5) is 32.8. The Morgan fingerprint density at radius 2 is 1.97 bits per heavy atom. The fourth-order valence-electron chi connectivity index (χ4n) is 4.86. The summed E-state index contributed by atoms with van der Waals surface area (Å²) < 4.78 is 10.3. The third-order valence-corrected chi connectivity index (χ3v) is 7.46. The Morgan fingerprint density at radius 3 is 2.74 bits per heavy atom. The van der Waals surface area contributed by atoms with Crippen LogP contribution in [0.25, 0.3) is 6.08 Å². The number of nitrogens with zero attached hydrogens (tertiary/aromatic N) is 4. The van der Waals surface area contributed by atoms with E-state index in [0.717, 1.165) is 17.7 Å². The summed E-state index contributed by atoms with van der Waals surface area (Å²) >= 11 is 1.30. The second kappa shape index (κ2) is 8.06. The monoisotopic (exact) mass is 485 g/mol. The minimum absolute atomic E-state index is 0.181. The Kier molecular flexibility index (Phi) is 4.96. The fraction of sp³-hybridized carbons (Fsp3) is 0.231. The molecule has 4 aromatic rings. The van der Waals surface area contributed by atoms with E-state index in [1.807, 2.05) is 85.4 Å². The molecule has 0 fully saturated rings. The lowest BCUT2D eigenvalue weighted by Crippen LogP contribution is -2.59. The maximum Gasteiger partial charge on any atom is 0.270 e. The van der Waals surface area contributed by atoms with E-state index < -0.39 is 17.7 Å². The number of hydrogen-bond acceptors (Lipinski definition) is 6. The van der Waals surface area contributed by atoms with E-state index in [1.54, 1.807) is 10.8 Å². The molecule has 0 aliphatic carbocycles. The number of ether oxygens (including phenoxy) is 1. The molecule has 2 aromatic heterocycles. The molecule has 1 amide bonds. The lowest BCUT2D eigenvalue weighted by molar-refractivity contribution is -0.131. The molecule has 35 heavy (non-hydrogen) atoms. The van der Waals surface area contributed by atoms with Crippen molar-refractivity contribution in [1.82, 2.24) is 14.3 Å². The fourth-order valence-corrected chi connectivity index (χ4v) is 5.96. The summed E-state index contributed by atoms with van der Waals surface area (Å²) in [7, 11) is 0. The van der Waals surface area contributed by atoms with Gasteiger partial charge in [-0.1, -0.05) is 47.7 Å². The molecule has 3 atom stereocenters. The highest BCUT2D eigenvalue weighted by Crippen LogP contribution is 2.47. The van der Waals surface area contributed by atoms with Crippen molar-refractivity contribution in [3.63, 3.8) is 0 Å². The van der Waals surface area contributed by atoms with E-state index in [-0.39, 0.29) is 11.5 Å². The topological polar surface area (TPSA) is 90.5 Å². The SMILES string of the molecule is CCn1cc(/C=c2\sc3n(c2=O)C2c4ccccc4OC(C)(N=3)C2C(=O)Nc2ccccc2)cn1. The second-order valence-corrected chi connectivity index (χ2v) is 9.79. The first-order valence-electron chi connectivity index (χ1n) is 11.5. The van der Waals surface area contributed by atoms with Crippen molar-refractivity contribution < 1.29 is 9.53 Å². The first-order valence-corrected chi connectivity index (χ1v) is 12.3. The number of hydrogen-bond donors (Lipinski definition) is 1. The summed E-state index contributed by atoms with van der Waals surface area (Å²) in [6.45, 7) is 4.57. The van der Waals surface area contributed by atoms with Gasteiger partial charge in [-0.05, 0) is 38.1 Å². The van der Waals surface area contributed by atoms with Gasteiger partial charge in [0, 0.05) is 29.6 Å². The van der Waals surface area contributed by atoms with Crippen LogP contribution in [0.15, 0.2) is 76.8 Å². The van der Waals surface area contributed by atoms with Crippen molar-refractivity contribution in [2.75, 3.05) is 5.32 Å². The molecule has 0 saturated heterocycles. The zero-order valence-electron chi connectivity index (χ0n) is 19.2. The molecule has 2 bridgehead atoms. The van der Waals surface area contributed by atoms with Crippen LogP contribution in [0.2, 0.25) is 0 Å². The van der Waals surface area contributed by atoms with Crippen molar-refractivity contribution in [2.24, 2.45) is 10.9 Å². The lowest BCUT2D eigenvalue weighted by atomic mass is 9.80. The molecule has 3 unspecified atom stereocenters. The van der Waals surface area contributed by atoms with Gasteiger partial charge in [0.25, 0.3) is 5.56 Å². The standard InChI is InChI=1S/C26H23N5O3S/c1-3-30-15-16(14-27-30)13-20-24(33)31-22-18-11-7-8-12-19(18)34-26(2,29-25(31)35-20)21(22)23(32)28-17-9-5-4-6-10-17/h4-15,21-22H,3H2,1-2H3,(H,28,32)/b20-13-. The summed E-state index contributed by atoms with van der Waals surface area (Å²) in [6.07, 6.45) is 5.46. The maximum atomic E-state index is 13.7. The van der Waals surface area contributed by atoms with Gasteiger partial charge in [0.05, 0.1) is 16.8 Å². The van der Waals surface area contributed by atoms with Crippen molar-refractivity contribution in [2.45, 2.75) is 32.2 Å². The number of para-hydroxylation sites is 2. The second-order valence-electron chi connectivity index (χ2n) is 8.78. The van der Waals surface area contributed by atoms with Crippen molar-refractivity contribution in [3.05, 3.63) is 97.8 Å². The van der Waals surface area contributed by atoms with Crippen LogP contribution in [-0.2, 0) is 11.3 Å². The van der Waals surface area contributed by atoms with Gasteiger partial charge in [0.15, 0.2) is 4.80 Å². The van der Waals surface area contributed by atoms with Crippen LogP contribution < -0.4 is 24.9 Å². The predicted molar refractivity (Wildman–Crippen MR) is 133 cm³/mol. The van der Waals surface area contributed by atoms with E-state index in [1.165, 1.54) is 11.3 Å². The molecule has 8 nitrogen and oxygen atoms in total. The minimum Gasteiger partial charge on any atom is -0.465 e. The van der Waals surface area contributed by atoms with E-state index in [2.05, 4.69) is 10.4 Å². The molecule has 2 aliphatic rings. The highest BCUT2D eigenvalue weighted by molar-refractivity contribution is 7.07. The Morgan fingerprint density at radius 1 is 1.20 bits per heavy atom. The van der Waals surface area contributed by atoms with Gasteiger partial charge in [-0.3, -0.25) is 18.8 Å². The van der Waals surface area contributed by atoms with Crippen LogP contribution in [0.5, 0.6) is 5.75 Å². The molecule has 2 aliphatic heterocycles. The summed E-state index contributed by atoms with van der Waals surface area (Å²) in [5.41, 5.74) is 0.962. The van der Waals surface area contributed by atoms with Gasteiger partial charge in [-0.2, -0.15) is 5.10 Å². The molecule has 176 valence electrons. The molecule has 9 heteroatoms. The summed E-state index contributed by atoms with van der Waals surface area (Å²) in [5, 5.41) is 7.29. The lowest BCUT2D eigenvalue weighted by Gasteiger charge is -2.45. The first kappa shape index (κ1) is 21.5. The van der Waals surface area contributed by atoms with Crippen LogP contribution in [0.4, 0.5) is 5.69 Å². The molecule has 1 N–H and O–H groups in total. The van der Waals surface area contributed by atoms with E-state index >= 15 is 0 Å². The van der Waals surface area contributed by atoms with Gasteiger partial charge in [-0.15, -0.1) is 0 Å².